The summed E-state index contributed by atoms with van der Waals surface area (Å²) in [4.78, 5) is 12.5. The van der Waals surface area contributed by atoms with Crippen LogP contribution in [0.3, 0.4) is 0 Å². The summed E-state index contributed by atoms with van der Waals surface area (Å²) in [7, 11) is 0. The van der Waals surface area contributed by atoms with Gasteiger partial charge in [-0.2, -0.15) is 0 Å². The third-order valence-electron chi connectivity index (χ3n) is 4.70. The van der Waals surface area contributed by atoms with Crippen LogP contribution >= 0.6 is 0 Å². The molecule has 1 aliphatic rings. The Bertz CT molecular complexity index is 549. The second kappa shape index (κ2) is 8.48. The third-order valence-corrected chi connectivity index (χ3v) is 4.70. The van der Waals surface area contributed by atoms with Gasteiger partial charge >= 0.3 is 5.97 Å². The highest BCUT2D eigenvalue weighted by atomic mass is 16.5. The predicted molar refractivity (Wildman–Crippen MR) is 96.6 cm³/mol. The highest BCUT2D eigenvalue weighted by molar-refractivity contribution is 5.73. The molecule has 0 amide bonds. The fourth-order valence-electron chi connectivity index (χ4n) is 3.55. The average molecular weight is 330 g/mol. The van der Waals surface area contributed by atoms with E-state index >= 15 is 0 Å². The van der Waals surface area contributed by atoms with Crippen LogP contribution in [0.4, 0.5) is 0 Å². The second-order valence-corrected chi connectivity index (χ2v) is 7.18. The minimum Gasteiger partial charge on any atom is -0.466 e. The largest absolute Gasteiger partial charge is 0.466 e. The smallest absolute Gasteiger partial charge is 0.311 e. The fraction of sp³-hybridized carbons (Fsp3) is 0.571. The van der Waals surface area contributed by atoms with E-state index in [4.69, 9.17) is 9.47 Å². The van der Waals surface area contributed by atoms with Crippen molar-refractivity contribution in [2.75, 3.05) is 6.61 Å². The second-order valence-electron chi connectivity index (χ2n) is 7.18. The number of hydrogen-bond acceptors (Lipinski definition) is 3. The Kier molecular flexibility index (Phi) is 6.61. The molecular weight excluding hydrogens is 300 g/mol. The highest BCUT2D eigenvalue weighted by Gasteiger charge is 2.43. The van der Waals surface area contributed by atoms with Gasteiger partial charge in [0.1, 0.15) is 0 Å². The molecule has 0 spiro atoms. The number of esters is 1. The number of ether oxygens (including phenoxy) is 2. The average Bonchev–Trinajstić information content (AvgIpc) is 2.54. The van der Waals surface area contributed by atoms with Gasteiger partial charge < -0.3 is 9.47 Å². The molecule has 0 aromatic heterocycles. The van der Waals surface area contributed by atoms with Crippen molar-refractivity contribution < 1.29 is 14.3 Å². The van der Waals surface area contributed by atoms with Crippen molar-refractivity contribution in [3.05, 3.63) is 48.0 Å². The molecule has 3 heteroatoms. The van der Waals surface area contributed by atoms with Gasteiger partial charge in [-0.3, -0.25) is 4.79 Å². The van der Waals surface area contributed by atoms with Crippen LogP contribution in [-0.2, 0) is 14.3 Å². The highest BCUT2D eigenvalue weighted by Crippen LogP contribution is 2.43. The molecule has 3 nitrogen and oxygen atoms in total. The lowest BCUT2D eigenvalue weighted by Gasteiger charge is -2.42. The minimum atomic E-state index is -0.280. The molecule has 4 atom stereocenters. The Morgan fingerprint density at radius 2 is 1.96 bits per heavy atom. The lowest BCUT2D eigenvalue weighted by Crippen LogP contribution is -2.41. The molecule has 1 aliphatic heterocycles. The summed E-state index contributed by atoms with van der Waals surface area (Å²) in [6, 6.07) is 10.0. The number of rotatable bonds is 6. The molecule has 1 aromatic rings. The van der Waals surface area contributed by atoms with Gasteiger partial charge in [0.15, 0.2) is 0 Å². The number of hydrogen-bond donors (Lipinski definition) is 0. The molecule has 1 saturated heterocycles. The van der Waals surface area contributed by atoms with Crippen molar-refractivity contribution in [3.8, 4) is 0 Å². The molecular formula is C21H30O3. The van der Waals surface area contributed by atoms with E-state index in [1.54, 1.807) is 0 Å². The van der Waals surface area contributed by atoms with Crippen LogP contribution in [0.15, 0.2) is 42.5 Å². The van der Waals surface area contributed by atoms with Crippen molar-refractivity contribution in [2.45, 2.75) is 52.7 Å². The van der Waals surface area contributed by atoms with Crippen LogP contribution in [0, 0.1) is 17.8 Å². The zero-order valence-electron chi connectivity index (χ0n) is 15.3. The zero-order valence-corrected chi connectivity index (χ0v) is 15.3. The van der Waals surface area contributed by atoms with Crippen molar-refractivity contribution in [3.63, 3.8) is 0 Å². The maximum atomic E-state index is 12.5. The van der Waals surface area contributed by atoms with Crippen molar-refractivity contribution in [1.82, 2.24) is 0 Å². The standard InChI is InChI=1S/C21H30O3/c1-6-23-21(22)18-13-17(15(4)5)19(12-14(2)3)24-20(18)16-10-8-7-9-11-16/h7-11,14,17-20H,4,6,12-13H2,1-3,5H3/t17-,18-,19-,20+/m0/s1. The first kappa shape index (κ1) is 18.7. The summed E-state index contributed by atoms with van der Waals surface area (Å²) in [5, 5.41) is 0. The fourth-order valence-corrected chi connectivity index (χ4v) is 3.55. The number of carbonyl (C=O) groups excluding carboxylic acids is 1. The normalized spacial score (nSPS) is 27.0. The maximum absolute atomic E-state index is 12.5. The molecule has 1 fully saturated rings. The summed E-state index contributed by atoms with van der Waals surface area (Å²) in [5.74, 6) is 0.284. The van der Waals surface area contributed by atoms with Crippen molar-refractivity contribution >= 4 is 5.97 Å². The molecule has 0 aliphatic carbocycles. The van der Waals surface area contributed by atoms with Gasteiger partial charge in [-0.05, 0) is 38.2 Å². The monoisotopic (exact) mass is 330 g/mol. The molecule has 132 valence electrons. The first-order valence-corrected chi connectivity index (χ1v) is 8.96. The van der Waals surface area contributed by atoms with Crippen LogP contribution in [0.5, 0.6) is 0 Å². The SMILES string of the molecule is C=C(C)[C@@H]1C[C@H](C(=O)OCC)[C@@H](c2ccccc2)O[C@H]1CC(C)C. The lowest BCUT2D eigenvalue weighted by molar-refractivity contribution is -0.169. The Morgan fingerprint density at radius 3 is 2.50 bits per heavy atom. The van der Waals surface area contributed by atoms with Gasteiger partial charge in [-0.15, -0.1) is 0 Å². The molecule has 1 aromatic carbocycles. The van der Waals surface area contributed by atoms with E-state index in [9.17, 15) is 4.79 Å². The Balaban J connectivity index is 2.32. The van der Waals surface area contributed by atoms with Crippen LogP contribution in [0.2, 0.25) is 0 Å². The molecule has 2 rings (SSSR count). The Labute approximate surface area is 146 Å². The van der Waals surface area contributed by atoms with Gasteiger partial charge in [0.05, 0.1) is 24.7 Å². The lowest BCUT2D eigenvalue weighted by atomic mass is 9.76. The van der Waals surface area contributed by atoms with Crippen molar-refractivity contribution in [2.24, 2.45) is 17.8 Å². The third kappa shape index (κ3) is 4.47. The first-order chi connectivity index (χ1) is 11.4. The Hall–Kier alpha value is -1.61. The quantitative estimate of drug-likeness (QED) is 0.548. The van der Waals surface area contributed by atoms with Gasteiger partial charge in [0.2, 0.25) is 0 Å². The minimum absolute atomic E-state index is 0.0957. The summed E-state index contributed by atoms with van der Waals surface area (Å²) < 4.78 is 11.8. The van der Waals surface area contributed by atoms with E-state index in [0.29, 0.717) is 12.5 Å². The van der Waals surface area contributed by atoms with Crippen LogP contribution in [0.1, 0.15) is 52.2 Å². The molecule has 1 heterocycles. The van der Waals surface area contributed by atoms with E-state index in [1.165, 1.54) is 0 Å². The topological polar surface area (TPSA) is 35.5 Å². The van der Waals surface area contributed by atoms with Crippen LogP contribution in [0.25, 0.3) is 0 Å². The van der Waals surface area contributed by atoms with E-state index in [-0.39, 0.29) is 30.0 Å². The van der Waals surface area contributed by atoms with Gasteiger partial charge in [0.25, 0.3) is 0 Å². The molecule has 0 N–H and O–H groups in total. The molecule has 0 bridgehead atoms. The number of benzene rings is 1. The summed E-state index contributed by atoms with van der Waals surface area (Å²) in [6.07, 6.45) is 1.56. The van der Waals surface area contributed by atoms with E-state index in [2.05, 4.69) is 20.4 Å². The molecule has 24 heavy (non-hydrogen) atoms. The Morgan fingerprint density at radius 1 is 1.29 bits per heavy atom. The van der Waals surface area contributed by atoms with Crippen LogP contribution < -0.4 is 0 Å². The van der Waals surface area contributed by atoms with Gasteiger partial charge in [-0.25, -0.2) is 0 Å². The summed E-state index contributed by atoms with van der Waals surface area (Å²) in [6.45, 7) is 12.8. The zero-order chi connectivity index (χ0) is 17.7. The summed E-state index contributed by atoms with van der Waals surface area (Å²) in [5.41, 5.74) is 2.13. The van der Waals surface area contributed by atoms with E-state index < -0.39 is 0 Å². The van der Waals surface area contributed by atoms with E-state index in [0.717, 1.165) is 24.0 Å². The van der Waals surface area contributed by atoms with E-state index in [1.807, 2.05) is 44.2 Å². The van der Waals surface area contributed by atoms with Crippen molar-refractivity contribution in [1.29, 1.82) is 0 Å². The molecule has 0 radical (unpaired) electrons. The molecule has 0 saturated carbocycles. The first-order valence-electron chi connectivity index (χ1n) is 8.96. The van der Waals surface area contributed by atoms with Gasteiger partial charge in [0, 0.05) is 5.92 Å². The van der Waals surface area contributed by atoms with Crippen LogP contribution in [-0.4, -0.2) is 18.7 Å². The molecule has 0 unspecified atom stereocenters. The predicted octanol–water partition coefficient (Wildman–Crippen LogP) is 4.93. The number of carbonyl (C=O) groups is 1. The maximum Gasteiger partial charge on any atom is 0.311 e. The summed E-state index contributed by atoms with van der Waals surface area (Å²) >= 11 is 0. The van der Waals surface area contributed by atoms with Gasteiger partial charge in [-0.1, -0.05) is 56.3 Å².